The lowest BCUT2D eigenvalue weighted by molar-refractivity contribution is 0.461. The highest BCUT2D eigenvalue weighted by Gasteiger charge is 2.21. The Morgan fingerprint density at radius 3 is 2.41 bits per heavy atom. The van der Waals surface area contributed by atoms with Crippen molar-refractivity contribution in [1.82, 2.24) is 9.55 Å². The van der Waals surface area contributed by atoms with Crippen LogP contribution in [0, 0.1) is 0 Å². The number of allylic oxidation sites excluding steroid dienone is 4. The Morgan fingerprint density at radius 1 is 0.692 bits per heavy atom. The van der Waals surface area contributed by atoms with Gasteiger partial charge in [-0.3, -0.25) is 4.57 Å². The van der Waals surface area contributed by atoms with Gasteiger partial charge in [-0.2, -0.15) is 0 Å². The normalized spacial score (nSPS) is 15.7. The van der Waals surface area contributed by atoms with Gasteiger partial charge in [0.05, 0.1) is 11.0 Å². The van der Waals surface area contributed by atoms with Crippen LogP contribution in [-0.4, -0.2) is 9.55 Å². The first-order chi connectivity index (χ1) is 19.3. The average molecular weight is 503 g/mol. The van der Waals surface area contributed by atoms with E-state index in [4.69, 9.17) is 9.72 Å². The fourth-order valence-corrected chi connectivity index (χ4v) is 5.98. The largest absolute Gasteiger partial charge is 0.457 e. The van der Waals surface area contributed by atoms with E-state index in [9.17, 15) is 0 Å². The van der Waals surface area contributed by atoms with E-state index >= 15 is 0 Å². The standard InChI is InChI=1S/C36H26N2O/c1-2-9-24(10-3-1)36-37-32-15-6-7-16-33(32)38(36)31-14-8-13-26(22-31)28-17-18-34-29(20-28)21-30-19-25-11-4-5-12-27(25)23-35(30)39-34/h1-9,11-20,22-24H,10,21H2. The molecule has 2 aliphatic rings. The maximum Gasteiger partial charge on any atom is 0.131 e. The molecule has 1 unspecified atom stereocenters. The van der Waals surface area contributed by atoms with E-state index in [-0.39, 0.29) is 5.92 Å². The molecule has 39 heavy (non-hydrogen) atoms. The topological polar surface area (TPSA) is 27.1 Å². The first-order valence-corrected chi connectivity index (χ1v) is 13.5. The summed E-state index contributed by atoms with van der Waals surface area (Å²) in [6.45, 7) is 0. The van der Waals surface area contributed by atoms with E-state index in [0.717, 1.165) is 46.9 Å². The fraction of sp³-hybridized carbons (Fsp3) is 0.0833. The van der Waals surface area contributed by atoms with Gasteiger partial charge in [0.25, 0.3) is 0 Å². The van der Waals surface area contributed by atoms with Crippen molar-refractivity contribution in [3.63, 3.8) is 0 Å². The number of hydrogen-bond acceptors (Lipinski definition) is 2. The molecule has 0 amide bonds. The Kier molecular flexibility index (Phi) is 5.02. The zero-order chi connectivity index (χ0) is 25.8. The molecule has 1 atom stereocenters. The Hall–Kier alpha value is -4.89. The second-order valence-corrected chi connectivity index (χ2v) is 10.4. The highest BCUT2D eigenvalue weighted by molar-refractivity contribution is 5.86. The summed E-state index contributed by atoms with van der Waals surface area (Å²) in [5.74, 6) is 3.24. The van der Waals surface area contributed by atoms with Gasteiger partial charge in [0, 0.05) is 18.0 Å². The van der Waals surface area contributed by atoms with Crippen molar-refractivity contribution in [2.24, 2.45) is 0 Å². The number of imidazole rings is 1. The Morgan fingerprint density at radius 2 is 1.51 bits per heavy atom. The van der Waals surface area contributed by atoms with Crippen molar-refractivity contribution in [2.75, 3.05) is 0 Å². The van der Waals surface area contributed by atoms with Crippen molar-refractivity contribution >= 4 is 21.8 Å². The van der Waals surface area contributed by atoms with Gasteiger partial charge in [-0.15, -0.1) is 0 Å². The number of benzene rings is 5. The second kappa shape index (κ2) is 8.85. The third-order valence-corrected chi connectivity index (χ3v) is 7.93. The first-order valence-electron chi connectivity index (χ1n) is 13.5. The van der Waals surface area contributed by atoms with E-state index in [1.807, 2.05) is 0 Å². The predicted molar refractivity (Wildman–Crippen MR) is 159 cm³/mol. The van der Waals surface area contributed by atoms with Crippen molar-refractivity contribution in [2.45, 2.75) is 18.8 Å². The summed E-state index contributed by atoms with van der Waals surface area (Å²) in [7, 11) is 0. The molecule has 0 bridgehead atoms. The summed E-state index contributed by atoms with van der Waals surface area (Å²) in [4.78, 5) is 5.08. The van der Waals surface area contributed by atoms with Gasteiger partial charge >= 0.3 is 0 Å². The molecule has 6 aromatic rings. The van der Waals surface area contributed by atoms with E-state index in [1.54, 1.807) is 0 Å². The summed E-state index contributed by atoms with van der Waals surface area (Å²) in [6.07, 6.45) is 10.5. The lowest BCUT2D eigenvalue weighted by atomic mass is 9.94. The van der Waals surface area contributed by atoms with Crippen LogP contribution < -0.4 is 4.74 Å². The van der Waals surface area contributed by atoms with E-state index < -0.39 is 0 Å². The highest BCUT2D eigenvalue weighted by atomic mass is 16.5. The van der Waals surface area contributed by atoms with Gasteiger partial charge in [-0.05, 0) is 88.0 Å². The number of rotatable bonds is 3. The van der Waals surface area contributed by atoms with E-state index in [2.05, 4.69) is 132 Å². The van der Waals surface area contributed by atoms with Crippen LogP contribution in [0.15, 0.2) is 127 Å². The van der Waals surface area contributed by atoms with Crippen LogP contribution in [0.1, 0.15) is 29.3 Å². The SMILES string of the molecule is C1=CCC(c2nc3ccccc3n2-c2cccc(-c3ccc4c(c3)Cc3cc5ccccc5cc3O4)c2)C=C1. The Labute approximate surface area is 227 Å². The third kappa shape index (κ3) is 3.78. The van der Waals surface area contributed by atoms with Crippen LogP contribution in [0.5, 0.6) is 11.5 Å². The number of nitrogens with zero attached hydrogens (tertiary/aromatic N) is 2. The fourth-order valence-electron chi connectivity index (χ4n) is 5.98. The lowest BCUT2D eigenvalue weighted by Crippen LogP contribution is -2.07. The zero-order valence-corrected chi connectivity index (χ0v) is 21.4. The minimum Gasteiger partial charge on any atom is -0.457 e. The minimum absolute atomic E-state index is 0.253. The number of aromatic nitrogens is 2. The molecule has 0 fully saturated rings. The number of para-hydroxylation sites is 2. The molecule has 1 aliphatic heterocycles. The van der Waals surface area contributed by atoms with Crippen molar-refractivity contribution in [3.05, 3.63) is 144 Å². The van der Waals surface area contributed by atoms with Gasteiger partial charge in [-0.1, -0.05) is 78.9 Å². The maximum atomic E-state index is 6.37. The zero-order valence-electron chi connectivity index (χ0n) is 21.4. The molecule has 0 spiro atoms. The molecule has 5 aromatic carbocycles. The van der Waals surface area contributed by atoms with Crippen LogP contribution in [0.4, 0.5) is 0 Å². The van der Waals surface area contributed by atoms with Gasteiger partial charge in [0.1, 0.15) is 17.3 Å². The number of hydrogen-bond donors (Lipinski definition) is 0. The molecule has 1 aromatic heterocycles. The summed E-state index contributed by atoms with van der Waals surface area (Å²) in [5, 5.41) is 2.46. The van der Waals surface area contributed by atoms with Crippen LogP contribution >= 0.6 is 0 Å². The van der Waals surface area contributed by atoms with Crippen molar-refractivity contribution in [3.8, 4) is 28.3 Å². The van der Waals surface area contributed by atoms with Crippen LogP contribution in [0.3, 0.4) is 0 Å². The molecule has 3 nitrogen and oxygen atoms in total. The molecular formula is C36H26N2O. The molecule has 3 heteroatoms. The Bertz CT molecular complexity index is 1960. The van der Waals surface area contributed by atoms with Crippen molar-refractivity contribution < 1.29 is 4.74 Å². The third-order valence-electron chi connectivity index (χ3n) is 7.93. The molecular weight excluding hydrogens is 476 g/mol. The van der Waals surface area contributed by atoms with Crippen LogP contribution in [0.2, 0.25) is 0 Å². The van der Waals surface area contributed by atoms with Gasteiger partial charge < -0.3 is 4.74 Å². The van der Waals surface area contributed by atoms with Crippen LogP contribution in [-0.2, 0) is 6.42 Å². The second-order valence-electron chi connectivity index (χ2n) is 10.4. The summed E-state index contributed by atoms with van der Waals surface area (Å²) in [5.41, 5.74) is 8.11. The number of ether oxygens (including phenoxy) is 1. The van der Waals surface area contributed by atoms with Gasteiger partial charge in [0.2, 0.25) is 0 Å². The molecule has 1 aliphatic carbocycles. The molecule has 0 N–H and O–H groups in total. The quantitative estimate of drug-likeness (QED) is 0.241. The monoisotopic (exact) mass is 502 g/mol. The molecule has 186 valence electrons. The van der Waals surface area contributed by atoms with Crippen LogP contribution in [0.25, 0.3) is 38.6 Å². The van der Waals surface area contributed by atoms with E-state index in [0.29, 0.717) is 0 Å². The smallest absolute Gasteiger partial charge is 0.131 e. The molecule has 0 saturated heterocycles. The van der Waals surface area contributed by atoms with Crippen molar-refractivity contribution in [1.29, 1.82) is 0 Å². The molecule has 0 saturated carbocycles. The first kappa shape index (κ1) is 22.1. The highest BCUT2D eigenvalue weighted by Crippen LogP contribution is 2.41. The van der Waals surface area contributed by atoms with E-state index in [1.165, 1.54) is 33.0 Å². The minimum atomic E-state index is 0.253. The Balaban J connectivity index is 1.19. The predicted octanol–water partition coefficient (Wildman–Crippen LogP) is 9.14. The summed E-state index contributed by atoms with van der Waals surface area (Å²) in [6, 6.07) is 36.7. The molecule has 0 radical (unpaired) electrons. The number of fused-ring (bicyclic) bond motifs is 4. The lowest BCUT2D eigenvalue weighted by Gasteiger charge is -2.22. The average Bonchev–Trinajstić information content (AvgIpc) is 3.39. The van der Waals surface area contributed by atoms with Gasteiger partial charge in [-0.25, -0.2) is 4.98 Å². The summed E-state index contributed by atoms with van der Waals surface area (Å²) >= 11 is 0. The molecule has 2 heterocycles. The maximum absolute atomic E-state index is 6.37. The van der Waals surface area contributed by atoms with Gasteiger partial charge in [0.15, 0.2) is 0 Å². The summed E-state index contributed by atoms with van der Waals surface area (Å²) < 4.78 is 8.70. The molecule has 8 rings (SSSR count).